The van der Waals surface area contributed by atoms with Crippen LogP contribution in [0, 0.1) is 0 Å². The van der Waals surface area contributed by atoms with E-state index in [-0.39, 0.29) is 5.60 Å². The van der Waals surface area contributed by atoms with E-state index in [9.17, 15) is 5.11 Å². The van der Waals surface area contributed by atoms with Gasteiger partial charge in [-0.15, -0.1) is 11.3 Å². The van der Waals surface area contributed by atoms with Gasteiger partial charge in [0, 0.05) is 12.8 Å². The standard InChI is InChI=1S/C14H23NO2S/c1-3-17-14(8-6-4-5-7-9-14)13-15-10-12(18-13)11(2)16/h10-11,16H,3-9H2,1-2H3. The Morgan fingerprint density at radius 2 is 2.06 bits per heavy atom. The molecule has 18 heavy (non-hydrogen) atoms. The predicted molar refractivity (Wildman–Crippen MR) is 73.8 cm³/mol. The van der Waals surface area contributed by atoms with Crippen molar-refractivity contribution in [2.75, 3.05) is 6.61 Å². The SMILES string of the molecule is CCOC1(c2ncc(C(C)O)s2)CCCCCC1. The van der Waals surface area contributed by atoms with Gasteiger partial charge in [-0.1, -0.05) is 25.7 Å². The first-order chi connectivity index (χ1) is 8.68. The topological polar surface area (TPSA) is 42.4 Å². The lowest BCUT2D eigenvalue weighted by molar-refractivity contribution is -0.0559. The maximum Gasteiger partial charge on any atom is 0.125 e. The number of thiazole rings is 1. The summed E-state index contributed by atoms with van der Waals surface area (Å²) < 4.78 is 6.10. The minimum Gasteiger partial charge on any atom is -0.388 e. The van der Waals surface area contributed by atoms with Crippen molar-refractivity contribution >= 4 is 11.3 Å². The average Bonchev–Trinajstić information content (AvgIpc) is 2.73. The molecule has 0 amide bonds. The second-order valence-electron chi connectivity index (χ2n) is 5.09. The van der Waals surface area contributed by atoms with Crippen molar-refractivity contribution in [3.8, 4) is 0 Å². The van der Waals surface area contributed by atoms with Gasteiger partial charge in [0.2, 0.25) is 0 Å². The zero-order chi connectivity index (χ0) is 13.0. The van der Waals surface area contributed by atoms with Crippen molar-refractivity contribution in [1.82, 2.24) is 4.98 Å². The van der Waals surface area contributed by atoms with E-state index in [0.29, 0.717) is 0 Å². The van der Waals surface area contributed by atoms with E-state index >= 15 is 0 Å². The van der Waals surface area contributed by atoms with Crippen LogP contribution in [-0.4, -0.2) is 16.7 Å². The molecule has 1 aliphatic rings. The molecule has 1 heterocycles. The third-order valence-electron chi connectivity index (χ3n) is 3.66. The Bertz CT molecular complexity index is 368. The van der Waals surface area contributed by atoms with Gasteiger partial charge >= 0.3 is 0 Å². The van der Waals surface area contributed by atoms with Crippen LogP contribution in [-0.2, 0) is 10.3 Å². The molecule has 102 valence electrons. The molecule has 1 aromatic rings. The van der Waals surface area contributed by atoms with Gasteiger partial charge in [0.15, 0.2) is 0 Å². The van der Waals surface area contributed by atoms with Crippen molar-refractivity contribution < 1.29 is 9.84 Å². The van der Waals surface area contributed by atoms with Gasteiger partial charge in [0.05, 0.1) is 11.0 Å². The Balaban J connectivity index is 2.26. The van der Waals surface area contributed by atoms with Crippen LogP contribution >= 0.6 is 11.3 Å². The first kappa shape index (κ1) is 14.0. The summed E-state index contributed by atoms with van der Waals surface area (Å²) in [5, 5.41) is 10.7. The molecular formula is C14H23NO2S. The molecule has 4 heteroatoms. The summed E-state index contributed by atoms with van der Waals surface area (Å²) in [7, 11) is 0. The van der Waals surface area contributed by atoms with Gasteiger partial charge in [-0.3, -0.25) is 0 Å². The van der Waals surface area contributed by atoms with Gasteiger partial charge in [0.25, 0.3) is 0 Å². The van der Waals surface area contributed by atoms with Gasteiger partial charge in [-0.25, -0.2) is 4.98 Å². The van der Waals surface area contributed by atoms with Crippen molar-refractivity contribution in [2.24, 2.45) is 0 Å². The molecule has 0 bridgehead atoms. The highest BCUT2D eigenvalue weighted by Gasteiger charge is 2.36. The molecule has 1 saturated carbocycles. The molecule has 2 rings (SSSR count). The Kier molecular flexibility index (Phi) is 4.76. The second kappa shape index (κ2) is 6.13. The third kappa shape index (κ3) is 2.92. The molecule has 0 radical (unpaired) electrons. The van der Waals surface area contributed by atoms with Crippen LogP contribution in [0.1, 0.15) is 68.4 Å². The molecule has 1 N–H and O–H groups in total. The molecule has 1 atom stereocenters. The maximum absolute atomic E-state index is 9.63. The highest BCUT2D eigenvalue weighted by atomic mass is 32.1. The fourth-order valence-corrected chi connectivity index (χ4v) is 3.74. The van der Waals surface area contributed by atoms with Crippen LogP contribution < -0.4 is 0 Å². The maximum atomic E-state index is 9.63. The first-order valence-electron chi connectivity index (χ1n) is 6.96. The van der Waals surface area contributed by atoms with Crippen molar-refractivity contribution in [2.45, 2.75) is 64.1 Å². The van der Waals surface area contributed by atoms with Crippen molar-refractivity contribution in [1.29, 1.82) is 0 Å². The van der Waals surface area contributed by atoms with E-state index in [2.05, 4.69) is 11.9 Å². The predicted octanol–water partition coefficient (Wildman–Crippen LogP) is 3.78. The number of rotatable bonds is 4. The normalized spacial score (nSPS) is 21.5. The van der Waals surface area contributed by atoms with Crippen LogP contribution in [0.25, 0.3) is 0 Å². The third-order valence-corrected chi connectivity index (χ3v) is 5.01. The van der Waals surface area contributed by atoms with E-state index in [0.717, 1.165) is 29.3 Å². The highest BCUT2D eigenvalue weighted by molar-refractivity contribution is 7.11. The number of nitrogens with zero attached hydrogens (tertiary/aromatic N) is 1. The Morgan fingerprint density at radius 3 is 2.56 bits per heavy atom. The van der Waals surface area contributed by atoms with Crippen LogP contribution in [0.3, 0.4) is 0 Å². The summed E-state index contributed by atoms with van der Waals surface area (Å²) in [5.41, 5.74) is -0.191. The average molecular weight is 269 g/mol. The molecule has 3 nitrogen and oxygen atoms in total. The Morgan fingerprint density at radius 1 is 1.39 bits per heavy atom. The fourth-order valence-electron chi connectivity index (χ4n) is 2.69. The summed E-state index contributed by atoms with van der Waals surface area (Å²) in [5.74, 6) is 0. The zero-order valence-electron chi connectivity index (χ0n) is 11.3. The van der Waals surface area contributed by atoms with Gasteiger partial charge < -0.3 is 9.84 Å². The lowest BCUT2D eigenvalue weighted by Crippen LogP contribution is -2.29. The smallest absolute Gasteiger partial charge is 0.125 e. The molecule has 1 aromatic heterocycles. The number of aliphatic hydroxyl groups is 1. The minimum atomic E-state index is -0.430. The van der Waals surface area contributed by atoms with Crippen LogP contribution in [0.2, 0.25) is 0 Å². The highest BCUT2D eigenvalue weighted by Crippen LogP contribution is 2.41. The number of aliphatic hydroxyl groups excluding tert-OH is 1. The first-order valence-corrected chi connectivity index (χ1v) is 7.78. The van der Waals surface area contributed by atoms with E-state index in [4.69, 9.17) is 4.74 Å². The largest absolute Gasteiger partial charge is 0.388 e. The van der Waals surface area contributed by atoms with E-state index in [1.807, 2.05) is 0 Å². The lowest BCUT2D eigenvalue weighted by Gasteiger charge is -2.30. The minimum absolute atomic E-state index is 0.191. The Labute approximate surface area is 113 Å². The summed E-state index contributed by atoms with van der Waals surface area (Å²) in [6.07, 6.45) is 8.51. The number of aromatic nitrogens is 1. The van der Waals surface area contributed by atoms with Crippen LogP contribution in [0.15, 0.2) is 6.20 Å². The van der Waals surface area contributed by atoms with Crippen molar-refractivity contribution in [3.63, 3.8) is 0 Å². The monoisotopic (exact) mass is 269 g/mol. The zero-order valence-corrected chi connectivity index (χ0v) is 12.1. The fraction of sp³-hybridized carbons (Fsp3) is 0.786. The quantitative estimate of drug-likeness (QED) is 0.846. The van der Waals surface area contributed by atoms with Gasteiger partial charge in [-0.2, -0.15) is 0 Å². The Hall–Kier alpha value is -0.450. The summed E-state index contributed by atoms with van der Waals surface area (Å²) in [4.78, 5) is 5.47. The summed E-state index contributed by atoms with van der Waals surface area (Å²) in [6, 6.07) is 0. The van der Waals surface area contributed by atoms with Crippen molar-refractivity contribution in [3.05, 3.63) is 16.1 Å². The number of ether oxygens (including phenoxy) is 1. The molecule has 1 unspecified atom stereocenters. The van der Waals surface area contributed by atoms with E-state index in [1.165, 1.54) is 25.7 Å². The van der Waals surface area contributed by atoms with Crippen LogP contribution in [0.5, 0.6) is 0 Å². The summed E-state index contributed by atoms with van der Waals surface area (Å²) >= 11 is 1.61. The number of hydrogen-bond donors (Lipinski definition) is 1. The molecule has 1 fully saturated rings. The summed E-state index contributed by atoms with van der Waals surface area (Å²) in [6.45, 7) is 4.57. The second-order valence-corrected chi connectivity index (χ2v) is 6.15. The van der Waals surface area contributed by atoms with E-state index < -0.39 is 6.10 Å². The molecule has 0 aliphatic heterocycles. The number of hydrogen-bond acceptors (Lipinski definition) is 4. The van der Waals surface area contributed by atoms with Gasteiger partial charge in [0.1, 0.15) is 10.6 Å². The molecule has 1 aliphatic carbocycles. The lowest BCUT2D eigenvalue weighted by atomic mass is 9.95. The van der Waals surface area contributed by atoms with E-state index in [1.54, 1.807) is 24.5 Å². The molecule has 0 saturated heterocycles. The molecular weight excluding hydrogens is 246 g/mol. The van der Waals surface area contributed by atoms with Crippen LogP contribution in [0.4, 0.5) is 0 Å². The van der Waals surface area contributed by atoms with Gasteiger partial charge in [-0.05, 0) is 26.7 Å². The molecule has 0 aromatic carbocycles. The molecule has 0 spiro atoms.